The number of urea groups is 1. The van der Waals surface area contributed by atoms with Crippen molar-refractivity contribution in [3.05, 3.63) is 74.8 Å². The summed E-state index contributed by atoms with van der Waals surface area (Å²) >= 11 is 0. The molecule has 1 aliphatic heterocycles. The van der Waals surface area contributed by atoms with Crippen molar-refractivity contribution in [3.8, 4) is 0 Å². The fourth-order valence-corrected chi connectivity index (χ4v) is 3.92. The van der Waals surface area contributed by atoms with E-state index in [1.165, 1.54) is 12.1 Å². The van der Waals surface area contributed by atoms with E-state index in [-0.39, 0.29) is 23.4 Å². The summed E-state index contributed by atoms with van der Waals surface area (Å²) in [7, 11) is 0. The van der Waals surface area contributed by atoms with E-state index >= 15 is 0 Å². The van der Waals surface area contributed by atoms with E-state index in [2.05, 4.69) is 5.32 Å². The Morgan fingerprint density at radius 3 is 2.71 bits per heavy atom. The monoisotopic (exact) mass is 380 g/mol. The third-order valence-electron chi connectivity index (χ3n) is 5.32. The molecule has 28 heavy (non-hydrogen) atoms. The second-order valence-corrected chi connectivity index (χ2v) is 6.85. The normalized spacial score (nSPS) is 20.4. The van der Waals surface area contributed by atoms with E-state index in [4.69, 9.17) is 5.73 Å². The summed E-state index contributed by atoms with van der Waals surface area (Å²) in [5.74, 6) is -1.23. The SMILES string of the molecule is NC(=O)c1ccc(CN2C(=O)NC3(CCc4ccccc43)C2=O)c([N+](=O)[O-])c1. The van der Waals surface area contributed by atoms with Gasteiger partial charge in [0, 0.05) is 17.2 Å². The van der Waals surface area contributed by atoms with Crippen molar-refractivity contribution in [1.82, 2.24) is 10.2 Å². The molecule has 0 radical (unpaired) electrons. The van der Waals surface area contributed by atoms with Gasteiger partial charge in [-0.25, -0.2) is 4.79 Å². The minimum Gasteiger partial charge on any atom is -0.366 e. The van der Waals surface area contributed by atoms with Gasteiger partial charge in [0.1, 0.15) is 5.54 Å². The van der Waals surface area contributed by atoms with Crippen LogP contribution < -0.4 is 11.1 Å². The molecule has 3 N–H and O–H groups in total. The zero-order chi connectivity index (χ0) is 20.1. The quantitative estimate of drug-likeness (QED) is 0.472. The van der Waals surface area contributed by atoms with Gasteiger partial charge in [-0.1, -0.05) is 24.3 Å². The molecule has 1 atom stereocenters. The highest BCUT2D eigenvalue weighted by Gasteiger charge is 2.55. The Bertz CT molecular complexity index is 1050. The van der Waals surface area contributed by atoms with Crippen LogP contribution in [0, 0.1) is 10.1 Å². The summed E-state index contributed by atoms with van der Waals surface area (Å²) in [5.41, 5.74) is 5.55. The molecule has 2 aliphatic rings. The van der Waals surface area contributed by atoms with Gasteiger partial charge in [0.25, 0.3) is 11.6 Å². The van der Waals surface area contributed by atoms with Crippen molar-refractivity contribution in [1.29, 1.82) is 0 Å². The molecule has 1 saturated heterocycles. The van der Waals surface area contributed by atoms with Crippen LogP contribution in [0.25, 0.3) is 0 Å². The first-order chi connectivity index (χ1) is 13.3. The number of imide groups is 1. The number of carbonyl (C=O) groups excluding carboxylic acids is 3. The summed E-state index contributed by atoms with van der Waals surface area (Å²) in [5, 5.41) is 14.2. The van der Waals surface area contributed by atoms with Crippen LogP contribution in [0.15, 0.2) is 42.5 Å². The van der Waals surface area contributed by atoms with Gasteiger partial charge in [-0.3, -0.25) is 24.6 Å². The summed E-state index contributed by atoms with van der Waals surface area (Å²) in [4.78, 5) is 48.7. The molecule has 0 saturated carbocycles. The molecular weight excluding hydrogens is 364 g/mol. The van der Waals surface area contributed by atoms with Crippen LogP contribution >= 0.6 is 0 Å². The third-order valence-corrected chi connectivity index (χ3v) is 5.32. The van der Waals surface area contributed by atoms with E-state index in [9.17, 15) is 24.5 Å². The van der Waals surface area contributed by atoms with Crippen LogP contribution in [-0.4, -0.2) is 27.7 Å². The lowest BCUT2D eigenvalue weighted by Gasteiger charge is -2.22. The first-order valence-corrected chi connectivity index (χ1v) is 8.63. The highest BCUT2D eigenvalue weighted by Crippen LogP contribution is 2.41. The molecule has 4 rings (SSSR count). The first kappa shape index (κ1) is 17.7. The Kier molecular flexibility index (Phi) is 3.88. The number of nitro groups is 1. The number of nitro benzene ring substituents is 1. The summed E-state index contributed by atoms with van der Waals surface area (Å²) in [6, 6.07) is 10.5. The Morgan fingerprint density at radius 1 is 1.25 bits per heavy atom. The zero-order valence-corrected chi connectivity index (χ0v) is 14.7. The van der Waals surface area contributed by atoms with Crippen LogP contribution in [0.1, 0.15) is 33.5 Å². The molecule has 9 nitrogen and oxygen atoms in total. The van der Waals surface area contributed by atoms with E-state index in [0.717, 1.165) is 22.1 Å². The average Bonchev–Trinajstić information content (AvgIpc) is 3.15. The molecule has 1 spiro atoms. The molecule has 1 unspecified atom stereocenters. The third kappa shape index (κ3) is 2.51. The standard InChI is InChI=1S/C19H16N4O5/c20-16(24)12-5-6-13(15(9-12)23(27)28)10-22-17(25)19(21-18(22)26)8-7-11-3-1-2-4-14(11)19/h1-6,9H,7-8,10H2,(H2,20,24)(H,21,26). The van der Waals surface area contributed by atoms with E-state index < -0.39 is 28.3 Å². The van der Waals surface area contributed by atoms with Crippen molar-refractivity contribution in [2.24, 2.45) is 5.73 Å². The number of fused-ring (bicyclic) bond motifs is 2. The molecule has 2 aromatic carbocycles. The predicted molar refractivity (Wildman–Crippen MR) is 97.1 cm³/mol. The molecule has 1 heterocycles. The number of nitrogens with one attached hydrogen (secondary N) is 1. The maximum atomic E-state index is 13.2. The fraction of sp³-hybridized carbons (Fsp3) is 0.211. The molecule has 0 bridgehead atoms. The molecule has 0 aromatic heterocycles. The Hall–Kier alpha value is -3.75. The highest BCUT2D eigenvalue weighted by atomic mass is 16.6. The number of nitrogens with two attached hydrogens (primary N) is 1. The van der Waals surface area contributed by atoms with E-state index in [0.29, 0.717) is 12.8 Å². The molecular formula is C19H16N4O5. The topological polar surface area (TPSA) is 136 Å². The largest absolute Gasteiger partial charge is 0.366 e. The molecule has 4 amide bonds. The molecule has 2 aromatic rings. The van der Waals surface area contributed by atoms with Crippen molar-refractivity contribution < 1.29 is 19.3 Å². The number of aryl methyl sites for hydroxylation is 1. The molecule has 1 fully saturated rings. The Balaban J connectivity index is 1.69. The Morgan fingerprint density at radius 2 is 2.00 bits per heavy atom. The summed E-state index contributed by atoms with van der Waals surface area (Å²) in [6.07, 6.45) is 1.10. The number of benzene rings is 2. The van der Waals surface area contributed by atoms with Gasteiger partial charge in [-0.15, -0.1) is 0 Å². The minimum atomic E-state index is -1.13. The number of hydrogen-bond donors (Lipinski definition) is 2. The van der Waals surface area contributed by atoms with Gasteiger partial charge in [-0.2, -0.15) is 0 Å². The molecule has 9 heteroatoms. The first-order valence-electron chi connectivity index (χ1n) is 8.63. The van der Waals surface area contributed by atoms with Gasteiger partial charge in [0.2, 0.25) is 5.91 Å². The number of hydrogen-bond acceptors (Lipinski definition) is 5. The van der Waals surface area contributed by atoms with Gasteiger partial charge >= 0.3 is 6.03 Å². The van der Waals surface area contributed by atoms with Crippen LogP contribution in [0.2, 0.25) is 0 Å². The second-order valence-electron chi connectivity index (χ2n) is 6.85. The second kappa shape index (κ2) is 6.15. The van der Waals surface area contributed by atoms with Crippen LogP contribution in [0.3, 0.4) is 0 Å². The lowest BCUT2D eigenvalue weighted by molar-refractivity contribution is -0.385. The highest BCUT2D eigenvalue weighted by molar-refractivity contribution is 6.08. The van der Waals surface area contributed by atoms with Crippen LogP contribution in [-0.2, 0) is 23.3 Å². The minimum absolute atomic E-state index is 0.0196. The van der Waals surface area contributed by atoms with Crippen molar-refractivity contribution >= 4 is 23.5 Å². The number of primary amides is 1. The summed E-state index contributed by atoms with van der Waals surface area (Å²) < 4.78 is 0. The van der Waals surface area contributed by atoms with Gasteiger partial charge in [0.05, 0.1) is 11.5 Å². The van der Waals surface area contributed by atoms with Crippen LogP contribution in [0.4, 0.5) is 10.5 Å². The fourth-order valence-electron chi connectivity index (χ4n) is 3.92. The maximum absolute atomic E-state index is 13.2. The smallest absolute Gasteiger partial charge is 0.325 e. The van der Waals surface area contributed by atoms with Crippen molar-refractivity contribution in [3.63, 3.8) is 0 Å². The lowest BCUT2D eigenvalue weighted by atomic mass is 9.92. The predicted octanol–water partition coefficient (Wildman–Crippen LogP) is 1.59. The number of rotatable bonds is 4. The van der Waals surface area contributed by atoms with E-state index in [1.54, 1.807) is 6.07 Å². The van der Waals surface area contributed by atoms with Gasteiger partial charge < -0.3 is 11.1 Å². The average molecular weight is 380 g/mol. The summed E-state index contributed by atoms with van der Waals surface area (Å²) in [6.45, 7) is -0.274. The van der Waals surface area contributed by atoms with Crippen LogP contribution in [0.5, 0.6) is 0 Å². The maximum Gasteiger partial charge on any atom is 0.325 e. The lowest BCUT2D eigenvalue weighted by Crippen LogP contribution is -2.41. The van der Waals surface area contributed by atoms with E-state index in [1.807, 2.05) is 18.2 Å². The number of amides is 4. The molecule has 142 valence electrons. The van der Waals surface area contributed by atoms with Crippen molar-refractivity contribution in [2.75, 3.05) is 0 Å². The number of nitrogens with zero attached hydrogens (tertiary/aromatic N) is 2. The van der Waals surface area contributed by atoms with Gasteiger partial charge in [0.15, 0.2) is 0 Å². The van der Waals surface area contributed by atoms with Gasteiger partial charge in [-0.05, 0) is 36.1 Å². The zero-order valence-electron chi connectivity index (χ0n) is 14.7. The Labute approximate surface area is 159 Å². The number of carbonyl (C=O) groups is 3. The molecule has 1 aliphatic carbocycles. The van der Waals surface area contributed by atoms with Crippen molar-refractivity contribution in [2.45, 2.75) is 24.9 Å².